The van der Waals surface area contributed by atoms with Crippen LogP contribution in [-0.4, -0.2) is 90.2 Å². The van der Waals surface area contributed by atoms with Crippen LogP contribution in [0.2, 0.25) is 0 Å². The summed E-state index contributed by atoms with van der Waals surface area (Å²) in [4.78, 5) is 35.5. The van der Waals surface area contributed by atoms with Gasteiger partial charge in [0.1, 0.15) is 17.6 Å². The smallest absolute Gasteiger partial charge is 0.324 e. The quantitative estimate of drug-likeness (QED) is 0.377. The first-order valence-electron chi connectivity index (χ1n) is 13.8. The Morgan fingerprint density at radius 3 is 2.73 bits per heavy atom. The van der Waals surface area contributed by atoms with Crippen LogP contribution >= 0.6 is 0 Å². The maximum Gasteiger partial charge on any atom is 0.324 e. The number of rotatable bonds is 10. The largest absolute Gasteiger partial charge is 0.493 e. The van der Waals surface area contributed by atoms with Crippen molar-refractivity contribution in [1.82, 2.24) is 25.3 Å². The molecule has 0 spiro atoms. The number of ether oxygens (including phenoxy) is 1. The van der Waals surface area contributed by atoms with E-state index in [4.69, 9.17) is 13.7 Å². The van der Waals surface area contributed by atoms with Gasteiger partial charge in [-0.05, 0) is 63.4 Å². The van der Waals surface area contributed by atoms with Crippen molar-refractivity contribution in [2.24, 2.45) is 0 Å². The van der Waals surface area contributed by atoms with Crippen molar-refractivity contribution >= 4 is 17.8 Å². The van der Waals surface area contributed by atoms with Gasteiger partial charge >= 0.3 is 6.01 Å². The summed E-state index contributed by atoms with van der Waals surface area (Å²) in [5.74, 6) is -0.113. The molecule has 214 valence electrons. The fraction of sp³-hybridized carbons (Fsp3) is 0.500. The molecule has 1 atom stereocenters. The molecule has 2 aliphatic rings. The van der Waals surface area contributed by atoms with E-state index in [0.29, 0.717) is 31.5 Å². The summed E-state index contributed by atoms with van der Waals surface area (Å²) in [6, 6.07) is 7.66. The van der Waals surface area contributed by atoms with Crippen molar-refractivity contribution in [2.45, 2.75) is 38.6 Å². The molecule has 0 bridgehead atoms. The van der Waals surface area contributed by atoms with Gasteiger partial charge < -0.3 is 33.7 Å². The molecular weight excluding hydrogens is 519 g/mol. The van der Waals surface area contributed by atoms with E-state index in [1.54, 1.807) is 36.1 Å². The molecule has 11 nitrogen and oxygen atoms in total. The second-order valence-corrected chi connectivity index (χ2v) is 10.1. The molecule has 5 rings (SSSR count). The van der Waals surface area contributed by atoms with E-state index in [9.17, 15) is 14.0 Å². The van der Waals surface area contributed by atoms with Crippen LogP contribution in [0.25, 0.3) is 11.4 Å². The number of nitrogens with zero attached hydrogens (tertiary/aromatic N) is 5. The predicted molar refractivity (Wildman–Crippen MR) is 145 cm³/mol. The van der Waals surface area contributed by atoms with E-state index in [0.717, 1.165) is 58.4 Å². The summed E-state index contributed by atoms with van der Waals surface area (Å²) in [6.45, 7) is 7.49. The maximum atomic E-state index is 14.8. The van der Waals surface area contributed by atoms with Gasteiger partial charge in [-0.3, -0.25) is 9.59 Å². The van der Waals surface area contributed by atoms with Crippen LogP contribution in [0.15, 0.2) is 45.5 Å². The molecule has 0 unspecified atom stereocenters. The highest BCUT2D eigenvalue weighted by molar-refractivity contribution is 5.95. The Hall–Kier alpha value is -3.93. The van der Waals surface area contributed by atoms with Crippen molar-refractivity contribution in [2.75, 3.05) is 57.3 Å². The first-order chi connectivity index (χ1) is 19.5. The fourth-order valence-corrected chi connectivity index (χ4v) is 5.03. The molecule has 0 radical (unpaired) electrons. The van der Waals surface area contributed by atoms with E-state index in [-0.39, 0.29) is 23.1 Å². The van der Waals surface area contributed by atoms with Crippen LogP contribution in [0, 0.1) is 5.82 Å². The number of benzene rings is 1. The van der Waals surface area contributed by atoms with Crippen molar-refractivity contribution in [3.63, 3.8) is 0 Å². The molecule has 2 aliphatic heterocycles. The van der Waals surface area contributed by atoms with Gasteiger partial charge in [-0.25, -0.2) is 4.39 Å². The number of carbonyl (C=O) groups excluding carboxylic acids is 2. The lowest BCUT2D eigenvalue weighted by molar-refractivity contribution is -0.132. The van der Waals surface area contributed by atoms with Gasteiger partial charge in [0.05, 0.1) is 18.4 Å². The highest BCUT2D eigenvalue weighted by Crippen LogP contribution is 2.27. The molecular formula is C28H35FN6O5. The molecule has 0 aliphatic carbocycles. The Bertz CT molecular complexity index is 1280. The molecule has 2 saturated heterocycles. The number of hydrogen-bond donors (Lipinski definition) is 1. The lowest BCUT2D eigenvalue weighted by Crippen LogP contribution is -2.48. The lowest BCUT2D eigenvalue weighted by atomic mass is 10.2. The van der Waals surface area contributed by atoms with Gasteiger partial charge in [-0.15, -0.1) is 0 Å². The minimum Gasteiger partial charge on any atom is -0.493 e. The predicted octanol–water partition coefficient (Wildman–Crippen LogP) is 3.19. The first-order valence-corrected chi connectivity index (χ1v) is 13.8. The standard InChI is InChI=1S/C28H35FN6O5/c1-20(30-26(36)24-7-4-17-39-24)27(37)34-14-5-10-33(15-16-34)11-6-18-38-21-8-9-22(23(29)19-21)25-31-28(40-32-25)35-12-2-3-13-35/h4,7-9,17,19-20H,2-3,5-6,10-16,18H2,1H3,(H,30,36)/t20-/m0/s1. The van der Waals surface area contributed by atoms with Crippen molar-refractivity contribution in [1.29, 1.82) is 0 Å². The second-order valence-electron chi connectivity index (χ2n) is 10.1. The van der Waals surface area contributed by atoms with E-state index in [2.05, 4.69) is 20.4 Å². The number of hydrogen-bond acceptors (Lipinski definition) is 9. The van der Waals surface area contributed by atoms with Crippen LogP contribution < -0.4 is 15.0 Å². The first kappa shape index (κ1) is 27.6. The highest BCUT2D eigenvalue weighted by Gasteiger charge is 2.25. The van der Waals surface area contributed by atoms with Crippen LogP contribution in [0.1, 0.15) is 43.2 Å². The van der Waals surface area contributed by atoms with Gasteiger partial charge in [0.25, 0.3) is 5.91 Å². The van der Waals surface area contributed by atoms with Gasteiger partial charge in [0.15, 0.2) is 5.76 Å². The highest BCUT2D eigenvalue weighted by atomic mass is 19.1. The average molecular weight is 555 g/mol. The summed E-state index contributed by atoms with van der Waals surface area (Å²) in [7, 11) is 0. The van der Waals surface area contributed by atoms with Gasteiger partial charge in [0.2, 0.25) is 11.7 Å². The zero-order chi connectivity index (χ0) is 27.9. The minimum absolute atomic E-state index is 0.108. The van der Waals surface area contributed by atoms with Crippen LogP contribution in [0.5, 0.6) is 5.75 Å². The SMILES string of the molecule is C[C@H](NC(=O)c1ccco1)C(=O)N1CCCN(CCCOc2ccc(-c3noc(N4CCCC4)n3)c(F)c2)CC1. The monoisotopic (exact) mass is 554 g/mol. The van der Waals surface area contributed by atoms with Crippen LogP contribution in [-0.2, 0) is 4.79 Å². The number of anilines is 1. The summed E-state index contributed by atoms with van der Waals surface area (Å²) in [6.07, 6.45) is 5.19. The fourth-order valence-electron chi connectivity index (χ4n) is 5.03. The van der Waals surface area contributed by atoms with Gasteiger partial charge in [-0.1, -0.05) is 5.16 Å². The molecule has 0 saturated carbocycles. The molecule has 2 amide bonds. The minimum atomic E-state index is -0.642. The molecule has 4 heterocycles. The molecule has 40 heavy (non-hydrogen) atoms. The zero-order valence-electron chi connectivity index (χ0n) is 22.7. The lowest BCUT2D eigenvalue weighted by Gasteiger charge is -2.25. The number of furan rings is 1. The number of amides is 2. The van der Waals surface area contributed by atoms with E-state index in [1.807, 2.05) is 4.90 Å². The number of aromatic nitrogens is 2. The number of halogens is 1. The Morgan fingerprint density at radius 1 is 1.10 bits per heavy atom. The number of carbonyl (C=O) groups is 2. The van der Waals surface area contributed by atoms with Crippen molar-refractivity contribution in [3.05, 3.63) is 48.2 Å². The maximum absolute atomic E-state index is 14.8. The van der Waals surface area contributed by atoms with Gasteiger partial charge in [-0.2, -0.15) is 4.98 Å². The third-order valence-electron chi connectivity index (χ3n) is 7.22. The van der Waals surface area contributed by atoms with E-state index < -0.39 is 17.8 Å². The summed E-state index contributed by atoms with van der Waals surface area (Å²) < 4.78 is 31.0. The summed E-state index contributed by atoms with van der Waals surface area (Å²) >= 11 is 0. The van der Waals surface area contributed by atoms with Crippen LogP contribution in [0.3, 0.4) is 0 Å². The Morgan fingerprint density at radius 2 is 1.95 bits per heavy atom. The summed E-state index contributed by atoms with van der Waals surface area (Å²) in [5, 5.41) is 6.65. The molecule has 3 aromatic rings. The molecule has 1 N–H and O–H groups in total. The Labute approximate surface area is 232 Å². The molecule has 2 aromatic heterocycles. The van der Waals surface area contributed by atoms with Gasteiger partial charge in [0, 0.05) is 45.3 Å². The third kappa shape index (κ3) is 6.79. The zero-order valence-corrected chi connectivity index (χ0v) is 22.7. The van der Waals surface area contributed by atoms with E-state index >= 15 is 0 Å². The Balaban J connectivity index is 1.03. The molecule has 12 heteroatoms. The van der Waals surface area contributed by atoms with Crippen molar-refractivity contribution < 1.29 is 27.7 Å². The topological polar surface area (TPSA) is 117 Å². The number of nitrogens with one attached hydrogen (secondary N) is 1. The van der Waals surface area contributed by atoms with Crippen molar-refractivity contribution in [3.8, 4) is 17.1 Å². The summed E-state index contributed by atoms with van der Waals surface area (Å²) in [5.41, 5.74) is 0.278. The Kier molecular flexibility index (Phi) is 8.94. The van der Waals surface area contributed by atoms with Crippen LogP contribution in [0.4, 0.5) is 10.4 Å². The van der Waals surface area contributed by atoms with E-state index in [1.165, 1.54) is 12.3 Å². The normalized spacial score (nSPS) is 17.1. The average Bonchev–Trinajstić information content (AvgIpc) is 3.73. The molecule has 1 aromatic carbocycles. The molecule has 2 fully saturated rings. The second kappa shape index (κ2) is 12.9. The third-order valence-corrected chi connectivity index (χ3v) is 7.22.